The lowest BCUT2D eigenvalue weighted by Crippen LogP contribution is -2.07. The zero-order valence-electron chi connectivity index (χ0n) is 18.1. The van der Waals surface area contributed by atoms with E-state index in [1.54, 1.807) is 14.2 Å². The topological polar surface area (TPSA) is 58.5 Å². The van der Waals surface area contributed by atoms with Crippen molar-refractivity contribution < 1.29 is 23.8 Å². The van der Waals surface area contributed by atoms with E-state index in [0.29, 0.717) is 12.5 Å². The van der Waals surface area contributed by atoms with Crippen molar-refractivity contribution in [2.24, 2.45) is 11.1 Å². The molecule has 5 rings (SSSR count). The number of hydrogen-bond donors (Lipinski definition) is 0. The van der Waals surface area contributed by atoms with E-state index in [1.165, 1.54) is 5.56 Å². The summed E-state index contributed by atoms with van der Waals surface area (Å²) in [6.07, 6.45) is 1.01. The number of rotatable bonds is 8. The Kier molecular flexibility index (Phi) is 5.58. The van der Waals surface area contributed by atoms with Gasteiger partial charge < -0.3 is 23.8 Å². The minimum Gasteiger partial charge on any atom is -0.497 e. The van der Waals surface area contributed by atoms with Crippen molar-refractivity contribution >= 4 is 5.71 Å². The first kappa shape index (κ1) is 20.2. The van der Waals surface area contributed by atoms with Gasteiger partial charge in [0.05, 0.1) is 19.9 Å². The number of methoxy groups -OCH3 is 2. The molecule has 2 aliphatic rings. The van der Waals surface area contributed by atoms with Gasteiger partial charge in [-0.05, 0) is 77.6 Å². The molecule has 0 spiro atoms. The second-order valence-corrected chi connectivity index (χ2v) is 7.89. The highest BCUT2D eigenvalue weighted by Gasteiger charge is 2.43. The van der Waals surface area contributed by atoms with Crippen molar-refractivity contribution in [1.82, 2.24) is 0 Å². The van der Waals surface area contributed by atoms with Gasteiger partial charge in [0.1, 0.15) is 18.1 Å². The molecule has 1 heterocycles. The van der Waals surface area contributed by atoms with Crippen molar-refractivity contribution in [3.05, 3.63) is 83.4 Å². The largest absolute Gasteiger partial charge is 0.497 e. The van der Waals surface area contributed by atoms with Crippen LogP contribution in [0.15, 0.2) is 71.9 Å². The maximum absolute atomic E-state index is 5.80. The predicted molar refractivity (Wildman–Crippen MR) is 121 cm³/mol. The molecule has 0 aromatic heterocycles. The van der Waals surface area contributed by atoms with Crippen molar-refractivity contribution in [3.8, 4) is 23.0 Å². The Hall–Kier alpha value is -3.67. The molecule has 6 heteroatoms. The van der Waals surface area contributed by atoms with Gasteiger partial charge in [-0.2, -0.15) is 0 Å². The molecular formula is C26H25NO5. The van der Waals surface area contributed by atoms with Gasteiger partial charge in [0.2, 0.25) is 6.79 Å². The predicted octanol–water partition coefficient (Wildman–Crippen LogP) is 5.16. The molecule has 0 radical (unpaired) electrons. The molecule has 3 aromatic rings. The Morgan fingerprint density at radius 2 is 1.56 bits per heavy atom. The Balaban J connectivity index is 1.35. The molecule has 2 unspecified atom stereocenters. The molecule has 0 saturated heterocycles. The van der Waals surface area contributed by atoms with Crippen LogP contribution in [0.1, 0.15) is 29.0 Å². The van der Waals surface area contributed by atoms with Crippen LogP contribution in [0.4, 0.5) is 0 Å². The normalized spacial score (nSPS) is 18.9. The van der Waals surface area contributed by atoms with Crippen molar-refractivity contribution in [1.29, 1.82) is 0 Å². The SMILES string of the molecule is COc1ccc(CO/N=C(\c2ccc(OC)cc2)C2CC2c2ccc3c(c2)OCO3)cc1. The fraction of sp³-hybridized carbons (Fsp3) is 0.269. The van der Waals surface area contributed by atoms with E-state index < -0.39 is 0 Å². The van der Waals surface area contributed by atoms with Gasteiger partial charge >= 0.3 is 0 Å². The number of ether oxygens (including phenoxy) is 4. The second-order valence-electron chi connectivity index (χ2n) is 7.89. The number of hydrogen-bond acceptors (Lipinski definition) is 6. The summed E-state index contributed by atoms with van der Waals surface area (Å²) in [6.45, 7) is 0.676. The van der Waals surface area contributed by atoms with Crippen LogP contribution in [0, 0.1) is 5.92 Å². The summed E-state index contributed by atoms with van der Waals surface area (Å²) in [5.41, 5.74) is 4.25. The molecule has 32 heavy (non-hydrogen) atoms. The maximum Gasteiger partial charge on any atom is 0.231 e. The highest BCUT2D eigenvalue weighted by Crippen LogP contribution is 2.51. The van der Waals surface area contributed by atoms with Gasteiger partial charge in [-0.3, -0.25) is 0 Å². The lowest BCUT2D eigenvalue weighted by Gasteiger charge is -2.09. The average molecular weight is 431 g/mol. The lowest BCUT2D eigenvalue weighted by atomic mass is 10.0. The van der Waals surface area contributed by atoms with E-state index in [-0.39, 0.29) is 12.7 Å². The van der Waals surface area contributed by atoms with E-state index >= 15 is 0 Å². The molecule has 2 atom stereocenters. The number of fused-ring (bicyclic) bond motifs is 1. The summed E-state index contributed by atoms with van der Waals surface area (Å²) in [5, 5.41) is 4.59. The molecular weight excluding hydrogens is 406 g/mol. The smallest absolute Gasteiger partial charge is 0.231 e. The summed E-state index contributed by atoms with van der Waals surface area (Å²) in [4.78, 5) is 5.80. The molecule has 164 valence electrons. The number of benzene rings is 3. The van der Waals surface area contributed by atoms with E-state index in [0.717, 1.165) is 46.3 Å². The van der Waals surface area contributed by atoms with Crippen molar-refractivity contribution in [3.63, 3.8) is 0 Å². The molecule has 0 amide bonds. The molecule has 6 nitrogen and oxygen atoms in total. The first-order valence-electron chi connectivity index (χ1n) is 10.6. The van der Waals surface area contributed by atoms with Crippen LogP contribution in [-0.4, -0.2) is 26.7 Å². The third-order valence-electron chi connectivity index (χ3n) is 5.91. The van der Waals surface area contributed by atoms with Gasteiger partial charge in [0.15, 0.2) is 11.5 Å². The van der Waals surface area contributed by atoms with Crippen molar-refractivity contribution in [2.45, 2.75) is 18.9 Å². The maximum atomic E-state index is 5.80. The highest BCUT2D eigenvalue weighted by molar-refractivity contribution is 6.04. The molecule has 3 aromatic carbocycles. The third-order valence-corrected chi connectivity index (χ3v) is 5.91. The minimum absolute atomic E-state index is 0.277. The van der Waals surface area contributed by atoms with Gasteiger partial charge in [0, 0.05) is 5.92 Å². The van der Waals surface area contributed by atoms with Crippen LogP contribution in [0.5, 0.6) is 23.0 Å². The summed E-state index contributed by atoms with van der Waals surface area (Å²) in [7, 11) is 3.32. The summed E-state index contributed by atoms with van der Waals surface area (Å²) in [5.74, 6) is 3.90. The van der Waals surface area contributed by atoms with Crippen LogP contribution in [-0.2, 0) is 11.4 Å². The molecule has 1 saturated carbocycles. The van der Waals surface area contributed by atoms with Gasteiger partial charge in [-0.15, -0.1) is 0 Å². The van der Waals surface area contributed by atoms with Crippen LogP contribution in [0.3, 0.4) is 0 Å². The molecule has 1 aliphatic heterocycles. The van der Waals surface area contributed by atoms with Crippen LogP contribution in [0.25, 0.3) is 0 Å². The first-order chi connectivity index (χ1) is 15.7. The Labute approximate surface area is 187 Å². The summed E-state index contributed by atoms with van der Waals surface area (Å²) >= 11 is 0. The van der Waals surface area contributed by atoms with Crippen LogP contribution in [0.2, 0.25) is 0 Å². The molecule has 0 bridgehead atoms. The van der Waals surface area contributed by atoms with Crippen LogP contribution < -0.4 is 18.9 Å². The quantitative estimate of drug-likeness (QED) is 0.364. The Morgan fingerprint density at radius 1 is 0.875 bits per heavy atom. The Bertz CT molecular complexity index is 1110. The lowest BCUT2D eigenvalue weighted by molar-refractivity contribution is 0.130. The van der Waals surface area contributed by atoms with E-state index in [1.807, 2.05) is 54.6 Å². The average Bonchev–Trinajstić information content (AvgIpc) is 3.49. The van der Waals surface area contributed by atoms with E-state index in [2.05, 4.69) is 17.3 Å². The summed E-state index contributed by atoms with van der Waals surface area (Å²) < 4.78 is 21.5. The van der Waals surface area contributed by atoms with Crippen LogP contribution >= 0.6 is 0 Å². The zero-order chi connectivity index (χ0) is 21.9. The first-order valence-corrected chi connectivity index (χ1v) is 10.6. The third kappa shape index (κ3) is 4.21. The van der Waals surface area contributed by atoms with Gasteiger partial charge in [-0.25, -0.2) is 0 Å². The fourth-order valence-corrected chi connectivity index (χ4v) is 4.00. The zero-order valence-corrected chi connectivity index (χ0v) is 18.1. The standard InChI is InChI=1S/C26H25NO5/c1-28-20-8-3-17(4-9-20)15-32-27-26(18-5-10-21(29-2)11-6-18)23-14-22(23)19-7-12-24-25(13-19)31-16-30-24/h3-13,22-23H,14-16H2,1-2H3/b27-26+. The number of oxime groups is 1. The Morgan fingerprint density at radius 3 is 2.28 bits per heavy atom. The number of nitrogens with zero attached hydrogens (tertiary/aromatic N) is 1. The highest BCUT2D eigenvalue weighted by atomic mass is 16.7. The summed E-state index contributed by atoms with van der Waals surface area (Å²) in [6, 6.07) is 21.9. The van der Waals surface area contributed by atoms with Crippen molar-refractivity contribution in [2.75, 3.05) is 21.0 Å². The van der Waals surface area contributed by atoms with E-state index in [9.17, 15) is 0 Å². The minimum atomic E-state index is 0.277. The fourth-order valence-electron chi connectivity index (χ4n) is 4.00. The molecule has 0 N–H and O–H groups in total. The molecule has 1 aliphatic carbocycles. The molecule has 1 fully saturated rings. The monoisotopic (exact) mass is 431 g/mol. The van der Waals surface area contributed by atoms with Gasteiger partial charge in [0.25, 0.3) is 0 Å². The second kappa shape index (κ2) is 8.83. The van der Waals surface area contributed by atoms with E-state index in [4.69, 9.17) is 23.8 Å². The van der Waals surface area contributed by atoms with Gasteiger partial charge in [-0.1, -0.05) is 23.4 Å².